The molecule has 10 heteroatoms. The lowest BCUT2D eigenvalue weighted by Gasteiger charge is -2.35. The van der Waals surface area contributed by atoms with E-state index in [1.807, 2.05) is 12.1 Å². The zero-order chi connectivity index (χ0) is 22.7. The highest BCUT2D eigenvalue weighted by atomic mass is 35.5. The van der Waals surface area contributed by atoms with Gasteiger partial charge in [0.2, 0.25) is 5.91 Å². The van der Waals surface area contributed by atoms with E-state index in [4.69, 9.17) is 16.3 Å². The molecular weight excluding hydrogens is 436 g/mol. The first kappa shape index (κ1) is 21.9. The van der Waals surface area contributed by atoms with Crippen LogP contribution in [-0.2, 0) is 26.4 Å². The standard InChI is InChI=1S/C22H23ClN4O5/c1-31-20(29)25-16-5-2-14(3-6-16)11-24-12-19(28)27-9-8-22(13-27)17-10-15(23)4-7-18(17)26-21(30)32-22/h2-7,10,24H,8-9,11-13H2,1H3,(H,25,29)(H,26,30). The summed E-state index contributed by atoms with van der Waals surface area (Å²) in [5.41, 5.74) is 2.13. The van der Waals surface area contributed by atoms with Gasteiger partial charge in [0, 0.05) is 35.8 Å². The lowest BCUT2D eigenvalue weighted by Crippen LogP contribution is -2.44. The predicted molar refractivity (Wildman–Crippen MR) is 119 cm³/mol. The third-order valence-electron chi connectivity index (χ3n) is 5.57. The van der Waals surface area contributed by atoms with Crippen LogP contribution in [0.5, 0.6) is 0 Å². The third kappa shape index (κ3) is 4.63. The Bertz CT molecular complexity index is 1050. The van der Waals surface area contributed by atoms with E-state index in [0.717, 1.165) is 11.1 Å². The monoisotopic (exact) mass is 458 g/mol. The van der Waals surface area contributed by atoms with E-state index in [-0.39, 0.29) is 19.0 Å². The van der Waals surface area contributed by atoms with E-state index >= 15 is 0 Å². The van der Waals surface area contributed by atoms with Crippen molar-refractivity contribution in [1.82, 2.24) is 10.2 Å². The second-order valence-corrected chi connectivity index (χ2v) is 8.12. The summed E-state index contributed by atoms with van der Waals surface area (Å²) >= 11 is 6.16. The highest BCUT2D eigenvalue weighted by molar-refractivity contribution is 6.30. The number of likely N-dealkylation sites (tertiary alicyclic amines) is 1. The molecule has 1 spiro atoms. The van der Waals surface area contributed by atoms with Crippen molar-refractivity contribution in [3.05, 3.63) is 58.6 Å². The summed E-state index contributed by atoms with van der Waals surface area (Å²) in [6.07, 6.45) is -0.555. The molecule has 9 nitrogen and oxygen atoms in total. The molecule has 3 N–H and O–H groups in total. The van der Waals surface area contributed by atoms with Crippen molar-refractivity contribution in [1.29, 1.82) is 0 Å². The number of methoxy groups -OCH3 is 1. The van der Waals surface area contributed by atoms with Gasteiger partial charge in [-0.25, -0.2) is 9.59 Å². The Balaban J connectivity index is 1.33. The molecule has 4 rings (SSSR count). The van der Waals surface area contributed by atoms with Gasteiger partial charge in [-0.1, -0.05) is 23.7 Å². The van der Waals surface area contributed by atoms with E-state index in [1.165, 1.54) is 7.11 Å². The van der Waals surface area contributed by atoms with Crippen molar-refractivity contribution in [2.24, 2.45) is 0 Å². The van der Waals surface area contributed by atoms with E-state index in [2.05, 4.69) is 20.7 Å². The molecule has 168 valence electrons. The molecule has 0 aromatic heterocycles. The maximum absolute atomic E-state index is 12.8. The van der Waals surface area contributed by atoms with Crippen molar-refractivity contribution < 1.29 is 23.9 Å². The van der Waals surface area contributed by atoms with Gasteiger partial charge in [-0.15, -0.1) is 0 Å². The minimum Gasteiger partial charge on any atom is -0.453 e. The number of fused-ring (bicyclic) bond motifs is 2. The maximum Gasteiger partial charge on any atom is 0.412 e. The number of nitrogens with zero attached hydrogens (tertiary/aromatic N) is 1. The molecule has 0 bridgehead atoms. The van der Waals surface area contributed by atoms with Crippen molar-refractivity contribution in [2.75, 3.05) is 37.4 Å². The highest BCUT2D eigenvalue weighted by Gasteiger charge is 2.48. The Labute approximate surface area is 190 Å². The van der Waals surface area contributed by atoms with Gasteiger partial charge in [-0.2, -0.15) is 0 Å². The number of ether oxygens (including phenoxy) is 2. The summed E-state index contributed by atoms with van der Waals surface area (Å²) < 4.78 is 10.2. The van der Waals surface area contributed by atoms with Crippen LogP contribution in [0.25, 0.3) is 0 Å². The molecule has 0 radical (unpaired) electrons. The van der Waals surface area contributed by atoms with Crippen LogP contribution in [0.4, 0.5) is 21.0 Å². The van der Waals surface area contributed by atoms with Gasteiger partial charge in [-0.05, 0) is 35.9 Å². The van der Waals surface area contributed by atoms with Crippen LogP contribution >= 0.6 is 11.6 Å². The molecule has 2 aliphatic rings. The summed E-state index contributed by atoms with van der Waals surface area (Å²) in [7, 11) is 1.30. The predicted octanol–water partition coefficient (Wildman–Crippen LogP) is 3.30. The second kappa shape index (κ2) is 9.05. The Morgan fingerprint density at radius 1 is 1.25 bits per heavy atom. The van der Waals surface area contributed by atoms with E-state index < -0.39 is 17.8 Å². The Morgan fingerprint density at radius 3 is 2.78 bits per heavy atom. The fraction of sp³-hybridized carbons (Fsp3) is 0.318. The van der Waals surface area contributed by atoms with Crippen molar-refractivity contribution >= 4 is 41.1 Å². The Hall–Kier alpha value is -3.30. The first-order valence-corrected chi connectivity index (χ1v) is 10.5. The van der Waals surface area contributed by atoms with Crippen molar-refractivity contribution in [3.8, 4) is 0 Å². The second-order valence-electron chi connectivity index (χ2n) is 7.68. The number of rotatable bonds is 5. The lowest BCUT2D eigenvalue weighted by molar-refractivity contribution is -0.130. The van der Waals surface area contributed by atoms with Gasteiger partial charge in [-0.3, -0.25) is 15.4 Å². The smallest absolute Gasteiger partial charge is 0.412 e. The van der Waals surface area contributed by atoms with E-state index in [1.54, 1.807) is 35.2 Å². The molecule has 32 heavy (non-hydrogen) atoms. The summed E-state index contributed by atoms with van der Waals surface area (Å²) in [5.74, 6) is -0.0796. The first-order chi connectivity index (χ1) is 15.4. The quantitative estimate of drug-likeness (QED) is 0.634. The fourth-order valence-corrected chi connectivity index (χ4v) is 4.14. The molecule has 0 aliphatic carbocycles. The van der Waals surface area contributed by atoms with Crippen molar-refractivity contribution in [3.63, 3.8) is 0 Å². The van der Waals surface area contributed by atoms with Crippen LogP contribution in [0, 0.1) is 0 Å². The van der Waals surface area contributed by atoms with Gasteiger partial charge >= 0.3 is 12.2 Å². The number of benzene rings is 2. The lowest BCUT2D eigenvalue weighted by atomic mass is 9.90. The number of hydrogen-bond donors (Lipinski definition) is 3. The van der Waals surface area contributed by atoms with Gasteiger partial charge < -0.3 is 19.7 Å². The van der Waals surface area contributed by atoms with Gasteiger partial charge in [0.25, 0.3) is 0 Å². The van der Waals surface area contributed by atoms with E-state index in [9.17, 15) is 14.4 Å². The summed E-state index contributed by atoms with van der Waals surface area (Å²) in [6, 6.07) is 12.5. The zero-order valence-corrected chi connectivity index (χ0v) is 18.2. The number of nitrogens with one attached hydrogen (secondary N) is 3. The summed E-state index contributed by atoms with van der Waals surface area (Å²) in [4.78, 5) is 37.7. The first-order valence-electron chi connectivity index (χ1n) is 10.1. The topological polar surface area (TPSA) is 109 Å². The maximum atomic E-state index is 12.8. The average molecular weight is 459 g/mol. The van der Waals surface area contributed by atoms with Crippen LogP contribution in [-0.4, -0.2) is 49.7 Å². The van der Waals surface area contributed by atoms with Crippen LogP contribution in [0.1, 0.15) is 17.5 Å². The Morgan fingerprint density at radius 2 is 2.03 bits per heavy atom. The average Bonchev–Trinajstić information content (AvgIpc) is 3.20. The van der Waals surface area contributed by atoms with Crippen LogP contribution < -0.4 is 16.0 Å². The SMILES string of the molecule is COC(=O)Nc1ccc(CNCC(=O)N2CCC3(C2)OC(=O)Nc2ccc(Cl)cc23)cc1. The molecule has 1 saturated heterocycles. The molecule has 2 aromatic carbocycles. The molecule has 3 amide bonds. The molecule has 1 unspecified atom stereocenters. The number of halogens is 1. The molecule has 2 heterocycles. The Kier molecular flexibility index (Phi) is 6.20. The number of anilines is 2. The third-order valence-corrected chi connectivity index (χ3v) is 5.81. The van der Waals surface area contributed by atoms with Crippen LogP contribution in [0.2, 0.25) is 5.02 Å². The number of hydrogen-bond acceptors (Lipinski definition) is 6. The summed E-state index contributed by atoms with van der Waals surface area (Å²) in [6.45, 7) is 1.39. The largest absolute Gasteiger partial charge is 0.453 e. The minimum atomic E-state index is -0.888. The number of carbonyl (C=O) groups is 3. The van der Waals surface area contributed by atoms with Gasteiger partial charge in [0.15, 0.2) is 5.60 Å². The van der Waals surface area contributed by atoms with Crippen LogP contribution in [0.15, 0.2) is 42.5 Å². The molecule has 1 atom stereocenters. The molecule has 2 aromatic rings. The number of carbonyl (C=O) groups excluding carboxylic acids is 3. The minimum absolute atomic E-state index is 0.0796. The molecule has 0 saturated carbocycles. The van der Waals surface area contributed by atoms with Crippen molar-refractivity contribution in [2.45, 2.75) is 18.6 Å². The van der Waals surface area contributed by atoms with Gasteiger partial charge in [0.05, 0.1) is 25.9 Å². The molecular formula is C22H23ClN4O5. The van der Waals surface area contributed by atoms with Crippen LogP contribution in [0.3, 0.4) is 0 Å². The normalized spacial score (nSPS) is 19.2. The zero-order valence-electron chi connectivity index (χ0n) is 17.4. The fourth-order valence-electron chi connectivity index (χ4n) is 3.97. The molecule has 2 aliphatic heterocycles. The van der Waals surface area contributed by atoms with E-state index in [0.29, 0.717) is 35.9 Å². The summed E-state index contributed by atoms with van der Waals surface area (Å²) in [5, 5.41) is 8.95. The molecule has 1 fully saturated rings. The van der Waals surface area contributed by atoms with Gasteiger partial charge in [0.1, 0.15) is 0 Å². The number of amides is 3. The highest BCUT2D eigenvalue weighted by Crippen LogP contribution is 2.43.